The number of amides is 1. The van der Waals surface area contributed by atoms with Gasteiger partial charge in [0.2, 0.25) is 5.91 Å². The average Bonchev–Trinajstić information content (AvgIpc) is 2.35. The number of carbonyl (C=O) groups is 1. The van der Waals surface area contributed by atoms with Crippen molar-refractivity contribution in [3.63, 3.8) is 0 Å². The summed E-state index contributed by atoms with van der Waals surface area (Å²) in [7, 11) is 0. The Morgan fingerprint density at radius 1 is 1.47 bits per heavy atom. The predicted molar refractivity (Wildman–Crippen MR) is 66.5 cm³/mol. The van der Waals surface area contributed by atoms with E-state index in [0.717, 1.165) is 24.9 Å². The SMILES string of the molecule is CCCCN(CCO)C(=O)Cc1cccnc1. The number of nitrogens with zero attached hydrogens (tertiary/aromatic N) is 2. The summed E-state index contributed by atoms with van der Waals surface area (Å²) in [6, 6.07) is 3.72. The number of pyridine rings is 1. The summed E-state index contributed by atoms with van der Waals surface area (Å²) in [6.45, 7) is 3.24. The van der Waals surface area contributed by atoms with Crippen LogP contribution in [0.5, 0.6) is 0 Å². The summed E-state index contributed by atoms with van der Waals surface area (Å²) < 4.78 is 0. The van der Waals surface area contributed by atoms with E-state index >= 15 is 0 Å². The van der Waals surface area contributed by atoms with Crippen LogP contribution in [0.4, 0.5) is 0 Å². The summed E-state index contributed by atoms with van der Waals surface area (Å²) >= 11 is 0. The molecule has 0 aliphatic carbocycles. The van der Waals surface area contributed by atoms with Gasteiger partial charge in [0.25, 0.3) is 0 Å². The van der Waals surface area contributed by atoms with Gasteiger partial charge in [-0.2, -0.15) is 0 Å². The summed E-state index contributed by atoms with van der Waals surface area (Å²) in [4.78, 5) is 17.7. The van der Waals surface area contributed by atoms with Crippen molar-refractivity contribution in [1.82, 2.24) is 9.88 Å². The maximum atomic E-state index is 12.0. The Morgan fingerprint density at radius 3 is 2.88 bits per heavy atom. The molecule has 4 heteroatoms. The molecule has 0 saturated carbocycles. The van der Waals surface area contributed by atoms with Crippen molar-refractivity contribution in [2.75, 3.05) is 19.7 Å². The third-order valence-corrected chi connectivity index (χ3v) is 2.58. The fraction of sp³-hybridized carbons (Fsp3) is 0.538. The fourth-order valence-electron chi connectivity index (χ4n) is 1.62. The highest BCUT2D eigenvalue weighted by Crippen LogP contribution is 2.03. The van der Waals surface area contributed by atoms with E-state index in [2.05, 4.69) is 11.9 Å². The van der Waals surface area contributed by atoms with Gasteiger partial charge in [0.15, 0.2) is 0 Å². The van der Waals surface area contributed by atoms with Crippen LogP contribution in [-0.4, -0.2) is 40.6 Å². The van der Waals surface area contributed by atoms with Gasteiger partial charge in [-0.25, -0.2) is 0 Å². The number of carbonyl (C=O) groups excluding carboxylic acids is 1. The van der Waals surface area contributed by atoms with Crippen molar-refractivity contribution < 1.29 is 9.90 Å². The summed E-state index contributed by atoms with van der Waals surface area (Å²) in [5.41, 5.74) is 0.914. The van der Waals surface area contributed by atoms with Gasteiger partial charge < -0.3 is 10.0 Å². The molecule has 1 amide bonds. The molecule has 1 N–H and O–H groups in total. The first-order valence-corrected chi connectivity index (χ1v) is 6.05. The minimum Gasteiger partial charge on any atom is -0.395 e. The first-order chi connectivity index (χ1) is 8.27. The number of aromatic nitrogens is 1. The monoisotopic (exact) mass is 236 g/mol. The van der Waals surface area contributed by atoms with E-state index in [9.17, 15) is 4.79 Å². The first kappa shape index (κ1) is 13.6. The number of aliphatic hydroxyl groups excluding tert-OH is 1. The highest BCUT2D eigenvalue weighted by molar-refractivity contribution is 5.78. The van der Waals surface area contributed by atoms with E-state index in [-0.39, 0.29) is 12.5 Å². The maximum Gasteiger partial charge on any atom is 0.227 e. The molecule has 0 saturated heterocycles. The summed E-state index contributed by atoms with van der Waals surface area (Å²) in [5, 5.41) is 8.94. The van der Waals surface area contributed by atoms with E-state index in [0.29, 0.717) is 13.0 Å². The van der Waals surface area contributed by atoms with Crippen LogP contribution >= 0.6 is 0 Å². The molecule has 0 radical (unpaired) electrons. The highest BCUT2D eigenvalue weighted by atomic mass is 16.3. The van der Waals surface area contributed by atoms with Crippen LogP contribution in [-0.2, 0) is 11.2 Å². The molecule has 0 aliphatic heterocycles. The lowest BCUT2D eigenvalue weighted by Crippen LogP contribution is -2.35. The quantitative estimate of drug-likeness (QED) is 0.775. The number of aliphatic hydroxyl groups is 1. The van der Waals surface area contributed by atoms with Crippen molar-refractivity contribution in [2.24, 2.45) is 0 Å². The third kappa shape index (κ3) is 4.95. The Labute approximate surface area is 102 Å². The number of unbranched alkanes of at least 4 members (excludes halogenated alkanes) is 1. The van der Waals surface area contributed by atoms with Crippen LogP contribution in [0.2, 0.25) is 0 Å². The molecule has 0 fully saturated rings. The molecule has 0 bridgehead atoms. The van der Waals surface area contributed by atoms with E-state index in [1.165, 1.54) is 0 Å². The Hall–Kier alpha value is -1.42. The van der Waals surface area contributed by atoms with Crippen molar-refractivity contribution in [3.8, 4) is 0 Å². The molecule has 1 aromatic heterocycles. The zero-order valence-corrected chi connectivity index (χ0v) is 10.3. The minimum absolute atomic E-state index is 0.0164. The van der Waals surface area contributed by atoms with E-state index < -0.39 is 0 Å². The second-order valence-corrected chi connectivity index (χ2v) is 4.00. The average molecular weight is 236 g/mol. The van der Waals surface area contributed by atoms with E-state index in [4.69, 9.17) is 5.11 Å². The van der Waals surface area contributed by atoms with Gasteiger partial charge in [-0.05, 0) is 18.1 Å². The zero-order chi connectivity index (χ0) is 12.5. The Balaban J connectivity index is 2.52. The Morgan fingerprint density at radius 2 is 2.29 bits per heavy atom. The van der Waals surface area contributed by atoms with Crippen LogP contribution < -0.4 is 0 Å². The second-order valence-electron chi connectivity index (χ2n) is 4.00. The van der Waals surface area contributed by atoms with E-state index in [1.807, 2.05) is 12.1 Å². The molecule has 1 rings (SSSR count). The van der Waals surface area contributed by atoms with Crippen molar-refractivity contribution in [3.05, 3.63) is 30.1 Å². The lowest BCUT2D eigenvalue weighted by Gasteiger charge is -2.21. The minimum atomic E-state index is 0.0164. The molecule has 4 nitrogen and oxygen atoms in total. The molecule has 0 atom stereocenters. The lowest BCUT2D eigenvalue weighted by molar-refractivity contribution is -0.131. The molecule has 94 valence electrons. The largest absolute Gasteiger partial charge is 0.395 e. The molecule has 1 aromatic rings. The third-order valence-electron chi connectivity index (χ3n) is 2.58. The molecule has 17 heavy (non-hydrogen) atoms. The van der Waals surface area contributed by atoms with Crippen molar-refractivity contribution in [2.45, 2.75) is 26.2 Å². The number of hydrogen-bond donors (Lipinski definition) is 1. The zero-order valence-electron chi connectivity index (χ0n) is 10.3. The second kappa shape index (κ2) is 7.79. The molecular weight excluding hydrogens is 216 g/mol. The van der Waals surface area contributed by atoms with Gasteiger partial charge in [0.05, 0.1) is 13.0 Å². The van der Waals surface area contributed by atoms with Crippen LogP contribution in [0.1, 0.15) is 25.3 Å². The topological polar surface area (TPSA) is 53.4 Å². The van der Waals surface area contributed by atoms with Gasteiger partial charge in [-0.1, -0.05) is 19.4 Å². The number of rotatable bonds is 7. The summed E-state index contributed by atoms with van der Waals surface area (Å²) in [5.74, 6) is 0.0560. The fourth-order valence-corrected chi connectivity index (χ4v) is 1.62. The molecule has 0 aromatic carbocycles. The van der Waals surface area contributed by atoms with Crippen molar-refractivity contribution >= 4 is 5.91 Å². The van der Waals surface area contributed by atoms with Crippen LogP contribution in [0.15, 0.2) is 24.5 Å². The first-order valence-electron chi connectivity index (χ1n) is 6.05. The molecule has 0 spiro atoms. The Kier molecular flexibility index (Phi) is 6.25. The van der Waals surface area contributed by atoms with Gasteiger partial charge in [0.1, 0.15) is 0 Å². The smallest absolute Gasteiger partial charge is 0.227 e. The van der Waals surface area contributed by atoms with E-state index in [1.54, 1.807) is 17.3 Å². The maximum absolute atomic E-state index is 12.0. The van der Waals surface area contributed by atoms with Gasteiger partial charge >= 0.3 is 0 Å². The molecule has 1 heterocycles. The number of hydrogen-bond acceptors (Lipinski definition) is 3. The van der Waals surface area contributed by atoms with Crippen molar-refractivity contribution in [1.29, 1.82) is 0 Å². The predicted octanol–water partition coefficient (Wildman–Crippen LogP) is 1.25. The van der Waals surface area contributed by atoms with Gasteiger partial charge in [-0.15, -0.1) is 0 Å². The van der Waals surface area contributed by atoms with Crippen LogP contribution in [0.3, 0.4) is 0 Å². The Bertz CT molecular complexity index is 327. The standard InChI is InChI=1S/C13H20N2O2/c1-2-3-7-15(8-9-16)13(17)10-12-5-4-6-14-11-12/h4-6,11,16H,2-3,7-10H2,1H3. The van der Waals surface area contributed by atoms with Gasteiger partial charge in [-0.3, -0.25) is 9.78 Å². The highest BCUT2D eigenvalue weighted by Gasteiger charge is 2.12. The van der Waals surface area contributed by atoms with Crippen LogP contribution in [0, 0.1) is 0 Å². The molecule has 0 unspecified atom stereocenters. The lowest BCUT2D eigenvalue weighted by atomic mass is 10.2. The normalized spacial score (nSPS) is 10.2. The van der Waals surface area contributed by atoms with Gasteiger partial charge in [0, 0.05) is 25.5 Å². The molecule has 0 aliphatic rings. The molecular formula is C13H20N2O2. The summed E-state index contributed by atoms with van der Waals surface area (Å²) in [6.07, 6.45) is 5.77. The van der Waals surface area contributed by atoms with Crippen LogP contribution in [0.25, 0.3) is 0 Å².